The summed E-state index contributed by atoms with van der Waals surface area (Å²) in [4.78, 5) is 8.44. The number of aromatic hydroxyl groups is 1. The summed E-state index contributed by atoms with van der Waals surface area (Å²) < 4.78 is 7.93. The van der Waals surface area contributed by atoms with E-state index in [1.165, 1.54) is 6.33 Å². The fourth-order valence-electron chi connectivity index (χ4n) is 2.57. The number of hydrogen-bond donors (Lipinski definition) is 1. The topological polar surface area (TPSA) is 60.2 Å². The van der Waals surface area contributed by atoms with Crippen LogP contribution in [-0.4, -0.2) is 34.3 Å². The van der Waals surface area contributed by atoms with Crippen molar-refractivity contribution in [3.63, 3.8) is 0 Å². The number of rotatable bonds is 6. The molecule has 7 heteroatoms. The van der Waals surface area contributed by atoms with Crippen molar-refractivity contribution in [3.8, 4) is 17.0 Å². The molecule has 2 heterocycles. The smallest absolute Gasteiger partial charge is 0.147 e. The monoisotopic (exact) mass is 375 g/mol. The van der Waals surface area contributed by atoms with E-state index < -0.39 is 8.07 Å². The van der Waals surface area contributed by atoms with Crippen LogP contribution in [0.2, 0.25) is 30.8 Å². The first kappa shape index (κ1) is 17.9. The van der Waals surface area contributed by atoms with Crippen molar-refractivity contribution in [1.82, 2.24) is 14.5 Å². The molecule has 1 aromatic carbocycles. The van der Waals surface area contributed by atoms with Gasteiger partial charge in [0, 0.05) is 14.7 Å². The van der Waals surface area contributed by atoms with Gasteiger partial charge in [0.15, 0.2) is 0 Å². The van der Waals surface area contributed by atoms with E-state index in [1.807, 2.05) is 22.8 Å². The summed E-state index contributed by atoms with van der Waals surface area (Å²) in [7, 11) is -1.13. The van der Waals surface area contributed by atoms with E-state index in [1.54, 1.807) is 12.1 Å². The predicted molar refractivity (Wildman–Crippen MR) is 104 cm³/mol. The van der Waals surface area contributed by atoms with Crippen molar-refractivity contribution in [2.24, 2.45) is 0 Å². The maximum Gasteiger partial charge on any atom is 0.147 e. The second-order valence-corrected chi connectivity index (χ2v) is 13.2. The lowest BCUT2D eigenvalue weighted by Gasteiger charge is -2.16. The quantitative estimate of drug-likeness (QED) is 0.383. The second kappa shape index (κ2) is 7.15. The van der Waals surface area contributed by atoms with Crippen LogP contribution in [0.3, 0.4) is 0 Å². The highest BCUT2D eigenvalue weighted by Gasteiger charge is 2.16. The van der Waals surface area contributed by atoms with Crippen molar-refractivity contribution in [2.45, 2.75) is 32.4 Å². The predicted octanol–water partition coefficient (Wildman–Crippen LogP) is 4.77. The Bertz CT molecular complexity index is 872. The fourth-order valence-corrected chi connectivity index (χ4v) is 3.51. The molecule has 5 nitrogen and oxygen atoms in total. The van der Waals surface area contributed by atoms with E-state index in [-0.39, 0.29) is 5.75 Å². The van der Waals surface area contributed by atoms with Crippen LogP contribution in [0, 0.1) is 0 Å². The molecule has 0 radical (unpaired) electrons. The van der Waals surface area contributed by atoms with Crippen molar-refractivity contribution < 1.29 is 9.84 Å². The summed E-state index contributed by atoms with van der Waals surface area (Å²) in [6, 6.07) is 10.1. The summed E-state index contributed by atoms with van der Waals surface area (Å²) in [6.07, 6.45) is 1.46. The molecule has 0 aliphatic rings. The minimum absolute atomic E-state index is 0.232. The number of phenols is 1. The highest BCUT2D eigenvalue weighted by molar-refractivity contribution is 6.76. The van der Waals surface area contributed by atoms with Gasteiger partial charge >= 0.3 is 0 Å². The van der Waals surface area contributed by atoms with Crippen LogP contribution in [0.5, 0.6) is 5.75 Å². The molecule has 1 N–H and O–H groups in total. The van der Waals surface area contributed by atoms with Crippen LogP contribution in [-0.2, 0) is 11.5 Å². The van der Waals surface area contributed by atoms with Gasteiger partial charge in [0.2, 0.25) is 0 Å². The van der Waals surface area contributed by atoms with Gasteiger partial charge in [0.25, 0.3) is 0 Å². The zero-order valence-corrected chi connectivity index (χ0v) is 16.4. The van der Waals surface area contributed by atoms with E-state index in [9.17, 15) is 5.11 Å². The molecule has 3 rings (SSSR count). The number of aromatic nitrogens is 3. The Morgan fingerprint density at radius 1 is 1.16 bits per heavy atom. The van der Waals surface area contributed by atoms with Gasteiger partial charge in [-0.1, -0.05) is 31.2 Å². The molecule has 0 spiro atoms. The van der Waals surface area contributed by atoms with E-state index >= 15 is 0 Å². The Morgan fingerprint density at radius 2 is 1.88 bits per heavy atom. The first-order chi connectivity index (χ1) is 11.8. The molecule has 0 atom stereocenters. The first-order valence-electron chi connectivity index (χ1n) is 8.22. The fraction of sp³-hybridized carbons (Fsp3) is 0.333. The van der Waals surface area contributed by atoms with Crippen LogP contribution < -0.4 is 0 Å². The minimum Gasteiger partial charge on any atom is -0.508 e. The summed E-state index contributed by atoms with van der Waals surface area (Å²) in [5.74, 6) is 0.232. The van der Waals surface area contributed by atoms with E-state index in [0.29, 0.717) is 11.9 Å². The van der Waals surface area contributed by atoms with Crippen molar-refractivity contribution in [2.75, 3.05) is 6.61 Å². The number of phenolic OH excluding ortho intramolecular Hbond substituents is 1. The van der Waals surface area contributed by atoms with Gasteiger partial charge in [0.05, 0.1) is 11.1 Å². The third-order valence-corrected chi connectivity index (χ3v) is 6.03. The van der Waals surface area contributed by atoms with E-state index in [0.717, 1.165) is 34.9 Å². The number of benzene rings is 1. The van der Waals surface area contributed by atoms with E-state index in [2.05, 4.69) is 29.6 Å². The van der Waals surface area contributed by atoms with Gasteiger partial charge in [0.1, 0.15) is 29.6 Å². The molecule has 0 saturated carbocycles. The zero-order chi connectivity index (χ0) is 18.0. The Morgan fingerprint density at radius 3 is 2.56 bits per heavy atom. The van der Waals surface area contributed by atoms with Gasteiger partial charge in [-0.25, -0.2) is 9.97 Å². The van der Waals surface area contributed by atoms with Crippen LogP contribution in [0.4, 0.5) is 0 Å². The van der Waals surface area contributed by atoms with Crippen LogP contribution in [0.1, 0.15) is 0 Å². The van der Waals surface area contributed by atoms with Gasteiger partial charge in [-0.05, 0) is 41.9 Å². The third-order valence-electron chi connectivity index (χ3n) is 4.02. The van der Waals surface area contributed by atoms with Crippen LogP contribution in [0.15, 0.2) is 36.7 Å². The normalized spacial score (nSPS) is 12.0. The maximum absolute atomic E-state index is 9.54. The molecule has 132 valence electrons. The van der Waals surface area contributed by atoms with Gasteiger partial charge < -0.3 is 14.4 Å². The number of fused-ring (bicyclic) bond motifs is 1. The first-order valence-corrected chi connectivity index (χ1v) is 12.3. The average molecular weight is 376 g/mol. The lowest BCUT2D eigenvalue weighted by Crippen LogP contribution is -2.22. The highest BCUT2D eigenvalue weighted by atomic mass is 35.5. The Balaban J connectivity index is 1.95. The minimum atomic E-state index is -1.13. The third kappa shape index (κ3) is 4.20. The molecule has 0 unspecified atom stereocenters. The number of nitrogens with zero attached hydrogens (tertiary/aromatic N) is 3. The largest absolute Gasteiger partial charge is 0.508 e. The molecule has 0 aliphatic carbocycles. The van der Waals surface area contributed by atoms with Crippen molar-refractivity contribution >= 4 is 30.7 Å². The summed E-state index contributed by atoms with van der Waals surface area (Å²) >= 11 is 6.24. The van der Waals surface area contributed by atoms with Gasteiger partial charge in [-0.2, -0.15) is 0 Å². The molecule has 0 amide bonds. The highest BCUT2D eigenvalue weighted by Crippen LogP contribution is 2.31. The molecule has 0 aliphatic heterocycles. The lowest BCUT2D eigenvalue weighted by atomic mass is 10.1. The summed E-state index contributed by atoms with van der Waals surface area (Å²) in [5, 5.41) is 10.7. The van der Waals surface area contributed by atoms with Crippen LogP contribution >= 0.6 is 11.6 Å². The molecule has 0 bridgehead atoms. The number of hydrogen-bond acceptors (Lipinski definition) is 4. The molecule has 0 fully saturated rings. The maximum atomic E-state index is 9.54. The molecular formula is C18H22ClN3O2Si. The SMILES string of the molecule is C[Si](C)(C)CCOCn1c(-c2ccc(O)cc2)cc2c(Cl)ncnc21. The molecular weight excluding hydrogens is 354 g/mol. The number of halogens is 1. The molecule has 25 heavy (non-hydrogen) atoms. The molecule has 3 aromatic rings. The van der Waals surface area contributed by atoms with Crippen LogP contribution in [0.25, 0.3) is 22.3 Å². The van der Waals surface area contributed by atoms with Crippen molar-refractivity contribution in [1.29, 1.82) is 0 Å². The zero-order valence-electron chi connectivity index (χ0n) is 14.7. The van der Waals surface area contributed by atoms with Gasteiger partial charge in [-0.3, -0.25) is 0 Å². The van der Waals surface area contributed by atoms with Gasteiger partial charge in [-0.15, -0.1) is 0 Å². The Hall–Kier alpha value is -1.89. The average Bonchev–Trinajstić information content (AvgIpc) is 2.92. The summed E-state index contributed by atoms with van der Waals surface area (Å²) in [5.41, 5.74) is 2.64. The lowest BCUT2D eigenvalue weighted by molar-refractivity contribution is 0.0909. The Kier molecular flexibility index (Phi) is 5.13. The van der Waals surface area contributed by atoms with Crippen molar-refractivity contribution in [3.05, 3.63) is 41.8 Å². The van der Waals surface area contributed by atoms with E-state index in [4.69, 9.17) is 16.3 Å². The second-order valence-electron chi connectivity index (χ2n) is 7.25. The number of ether oxygens (including phenoxy) is 1. The Labute approximate surface area is 153 Å². The molecule has 0 saturated heterocycles. The summed E-state index contributed by atoms with van der Waals surface area (Å²) in [6.45, 7) is 8.11. The molecule has 2 aromatic heterocycles. The standard InChI is InChI=1S/C18H22ClN3O2Si/c1-25(2,3)9-8-24-12-22-16(13-4-6-14(23)7-5-13)10-15-17(19)20-11-21-18(15)22/h4-7,10-11,23H,8-9,12H2,1-3H3.